The average Bonchev–Trinajstić information content (AvgIpc) is 2.77. The Bertz CT molecular complexity index is 519. The molecule has 0 aliphatic carbocycles. The fourth-order valence-corrected chi connectivity index (χ4v) is 3.53. The molecule has 0 bridgehead atoms. The maximum Gasteiger partial charge on any atom is 0.118 e. The van der Waals surface area contributed by atoms with Crippen LogP contribution in [0.4, 0.5) is 0 Å². The molecule has 2 nitrogen and oxygen atoms in total. The van der Waals surface area contributed by atoms with Gasteiger partial charge in [-0.25, -0.2) is 0 Å². The van der Waals surface area contributed by atoms with Crippen molar-refractivity contribution in [2.75, 3.05) is 7.11 Å². The fraction of sp³-hybridized carbons (Fsp3) is 0.286. The third-order valence-corrected chi connectivity index (χ3v) is 5.43. The average molecular weight is 362 g/mol. The van der Waals surface area contributed by atoms with Crippen molar-refractivity contribution in [1.29, 1.82) is 0 Å². The predicted octanol–water partition coefficient (Wildman–Crippen LogP) is 4.84. The summed E-state index contributed by atoms with van der Waals surface area (Å²) in [5, 5.41) is 10.8. The van der Waals surface area contributed by atoms with Gasteiger partial charge in [-0.15, -0.1) is 11.3 Å². The Balaban J connectivity index is 1.94. The van der Waals surface area contributed by atoms with E-state index < -0.39 is 6.10 Å². The van der Waals surface area contributed by atoms with Crippen LogP contribution >= 0.6 is 38.9 Å². The number of ether oxygens (including phenoxy) is 1. The molecule has 19 heavy (non-hydrogen) atoms. The zero-order valence-electron chi connectivity index (χ0n) is 10.4. The summed E-state index contributed by atoms with van der Waals surface area (Å²) in [5.74, 6) is 0.846. The van der Waals surface area contributed by atoms with Crippen molar-refractivity contribution in [3.63, 3.8) is 0 Å². The number of thiophene rings is 1. The second-order valence-corrected chi connectivity index (χ2v) is 6.98. The van der Waals surface area contributed by atoms with Crippen LogP contribution < -0.4 is 4.74 Å². The van der Waals surface area contributed by atoms with E-state index in [1.165, 1.54) is 16.9 Å². The van der Waals surface area contributed by atoms with Gasteiger partial charge >= 0.3 is 0 Å². The Kier molecular flexibility index (Phi) is 5.28. The minimum absolute atomic E-state index is 0.476. The van der Waals surface area contributed by atoms with Gasteiger partial charge in [-0.1, -0.05) is 23.7 Å². The van der Waals surface area contributed by atoms with Crippen molar-refractivity contribution in [2.45, 2.75) is 18.9 Å². The summed E-state index contributed by atoms with van der Waals surface area (Å²) in [6.45, 7) is 0. The molecule has 0 aliphatic rings. The number of benzene rings is 1. The van der Waals surface area contributed by atoms with Gasteiger partial charge in [0.1, 0.15) is 5.75 Å². The van der Waals surface area contributed by atoms with Crippen LogP contribution in [0.15, 0.2) is 34.1 Å². The molecule has 0 saturated carbocycles. The molecule has 1 atom stereocenters. The highest BCUT2D eigenvalue weighted by Gasteiger charge is 2.13. The van der Waals surface area contributed by atoms with Crippen molar-refractivity contribution < 1.29 is 9.84 Å². The summed E-state index contributed by atoms with van der Waals surface area (Å²) >= 11 is 10.8. The highest BCUT2D eigenvalue weighted by atomic mass is 79.9. The van der Waals surface area contributed by atoms with E-state index in [-0.39, 0.29) is 0 Å². The molecule has 1 unspecified atom stereocenters. The number of halogens is 2. The first-order chi connectivity index (χ1) is 9.10. The molecule has 0 radical (unpaired) electrons. The molecular weight excluding hydrogens is 348 g/mol. The maximum atomic E-state index is 10.1. The minimum Gasteiger partial charge on any atom is -0.497 e. The molecular formula is C14H14BrClO2S. The van der Waals surface area contributed by atoms with Crippen molar-refractivity contribution in [2.24, 2.45) is 0 Å². The molecule has 0 spiro atoms. The lowest BCUT2D eigenvalue weighted by Crippen LogP contribution is -1.97. The first kappa shape index (κ1) is 14.9. The van der Waals surface area contributed by atoms with Crippen molar-refractivity contribution >= 4 is 38.9 Å². The van der Waals surface area contributed by atoms with E-state index in [1.807, 2.05) is 30.3 Å². The van der Waals surface area contributed by atoms with Crippen molar-refractivity contribution in [3.05, 3.63) is 49.6 Å². The lowest BCUT2D eigenvalue weighted by atomic mass is 10.1. The van der Waals surface area contributed by atoms with Crippen LogP contribution in [0.25, 0.3) is 0 Å². The number of hydrogen-bond acceptors (Lipinski definition) is 3. The molecule has 1 heterocycles. The van der Waals surface area contributed by atoms with E-state index in [9.17, 15) is 5.11 Å². The van der Waals surface area contributed by atoms with Gasteiger partial charge < -0.3 is 9.84 Å². The Labute approximate surface area is 130 Å². The van der Waals surface area contributed by atoms with Gasteiger partial charge in [-0.2, -0.15) is 0 Å². The van der Waals surface area contributed by atoms with Crippen molar-refractivity contribution in [1.82, 2.24) is 0 Å². The lowest BCUT2D eigenvalue weighted by Gasteiger charge is -2.08. The largest absolute Gasteiger partial charge is 0.497 e. The Morgan fingerprint density at radius 1 is 1.37 bits per heavy atom. The van der Waals surface area contributed by atoms with Crippen LogP contribution in [0, 0.1) is 0 Å². The molecule has 0 amide bonds. The number of rotatable bonds is 5. The minimum atomic E-state index is -0.476. The smallest absolute Gasteiger partial charge is 0.118 e. The summed E-state index contributed by atoms with van der Waals surface area (Å²) in [4.78, 5) is 0.894. The van der Waals surface area contributed by atoms with Gasteiger partial charge in [0.2, 0.25) is 0 Å². The van der Waals surface area contributed by atoms with Crippen LogP contribution in [-0.2, 0) is 6.42 Å². The van der Waals surface area contributed by atoms with E-state index in [1.54, 1.807) is 7.11 Å². The summed E-state index contributed by atoms with van der Waals surface area (Å²) < 4.78 is 5.98. The van der Waals surface area contributed by atoms with E-state index in [4.69, 9.17) is 16.3 Å². The molecule has 102 valence electrons. The monoisotopic (exact) mass is 360 g/mol. The summed E-state index contributed by atoms with van der Waals surface area (Å²) in [7, 11) is 1.65. The number of hydrogen-bond donors (Lipinski definition) is 1. The van der Waals surface area contributed by atoms with Gasteiger partial charge in [0.25, 0.3) is 0 Å². The van der Waals surface area contributed by atoms with Crippen molar-refractivity contribution in [3.8, 4) is 5.75 Å². The normalized spacial score (nSPS) is 12.4. The molecule has 0 aliphatic heterocycles. The van der Waals surface area contributed by atoms with Gasteiger partial charge in [0.05, 0.1) is 22.0 Å². The molecule has 1 N–H and O–H groups in total. The first-order valence-electron chi connectivity index (χ1n) is 5.86. The molecule has 0 fully saturated rings. The highest BCUT2D eigenvalue weighted by Crippen LogP contribution is 2.36. The number of aliphatic hydroxyl groups is 1. The quantitative estimate of drug-likeness (QED) is 0.826. The molecule has 1 aromatic heterocycles. The first-order valence-corrected chi connectivity index (χ1v) is 7.84. The summed E-state index contributed by atoms with van der Waals surface area (Å²) in [6.07, 6.45) is 1.02. The van der Waals surface area contributed by atoms with Crippen LogP contribution in [0.2, 0.25) is 5.02 Å². The lowest BCUT2D eigenvalue weighted by molar-refractivity contribution is 0.171. The van der Waals surface area contributed by atoms with Crippen LogP contribution in [-0.4, -0.2) is 12.2 Å². The molecule has 0 saturated heterocycles. The predicted molar refractivity (Wildman–Crippen MR) is 83.3 cm³/mol. The van der Waals surface area contributed by atoms with Gasteiger partial charge in [-0.05, 0) is 52.5 Å². The second-order valence-electron chi connectivity index (χ2n) is 4.17. The van der Waals surface area contributed by atoms with E-state index in [2.05, 4.69) is 15.9 Å². The van der Waals surface area contributed by atoms with Crippen LogP contribution in [0.5, 0.6) is 5.75 Å². The zero-order valence-corrected chi connectivity index (χ0v) is 13.6. The fourth-order valence-electron chi connectivity index (χ4n) is 1.77. The Hall–Kier alpha value is -0.550. The molecule has 5 heteroatoms. The van der Waals surface area contributed by atoms with Crippen LogP contribution in [0.3, 0.4) is 0 Å². The topological polar surface area (TPSA) is 29.5 Å². The highest BCUT2D eigenvalue weighted by molar-refractivity contribution is 9.11. The number of aryl methyl sites for hydroxylation is 1. The third kappa shape index (κ3) is 3.96. The van der Waals surface area contributed by atoms with Gasteiger partial charge in [0.15, 0.2) is 0 Å². The van der Waals surface area contributed by atoms with Gasteiger partial charge in [-0.3, -0.25) is 0 Å². The Morgan fingerprint density at radius 3 is 2.58 bits per heavy atom. The second kappa shape index (κ2) is 6.75. The standard InChI is InChI=1S/C14H14BrClO2S/c1-18-10-5-2-9(3-6-10)4-7-12(17)13-8-11(16)14(15)19-13/h2-3,5-6,8,12,17H,4,7H2,1H3. The van der Waals surface area contributed by atoms with Crippen LogP contribution in [0.1, 0.15) is 23.0 Å². The molecule has 2 rings (SSSR count). The number of aliphatic hydroxyl groups excluding tert-OH is 1. The third-order valence-electron chi connectivity index (χ3n) is 2.86. The molecule has 2 aromatic rings. The maximum absolute atomic E-state index is 10.1. The van der Waals surface area contributed by atoms with Gasteiger partial charge in [0, 0.05) is 4.88 Å². The molecule has 1 aromatic carbocycles. The van der Waals surface area contributed by atoms with E-state index in [0.717, 1.165) is 20.8 Å². The van der Waals surface area contributed by atoms with E-state index in [0.29, 0.717) is 11.4 Å². The summed E-state index contributed by atoms with van der Waals surface area (Å²) in [6, 6.07) is 9.71. The number of methoxy groups -OCH3 is 1. The summed E-state index contributed by atoms with van der Waals surface area (Å²) in [5.41, 5.74) is 1.18. The van der Waals surface area contributed by atoms with E-state index >= 15 is 0 Å². The SMILES string of the molecule is COc1ccc(CCC(O)c2cc(Cl)c(Br)s2)cc1. The Morgan fingerprint density at radius 2 is 2.05 bits per heavy atom. The zero-order chi connectivity index (χ0) is 13.8.